The Balaban J connectivity index is 0.00000225. The number of aryl methyl sites for hydroxylation is 1. The molecule has 3 rings (SSSR count). The third kappa shape index (κ3) is 4.50. The van der Waals surface area contributed by atoms with E-state index in [2.05, 4.69) is 15.6 Å². The second-order valence-electron chi connectivity index (χ2n) is 6.12. The molecule has 2 N–H and O–H groups in total. The summed E-state index contributed by atoms with van der Waals surface area (Å²) >= 11 is 0. The maximum Gasteiger partial charge on any atom is 0.191 e. The van der Waals surface area contributed by atoms with Gasteiger partial charge < -0.3 is 15.1 Å². The Labute approximate surface area is 163 Å². The molecule has 7 heteroatoms. The highest BCUT2D eigenvalue weighted by atomic mass is 127. The van der Waals surface area contributed by atoms with Gasteiger partial charge in [-0.2, -0.15) is 0 Å². The molecule has 1 aromatic carbocycles. The van der Waals surface area contributed by atoms with Gasteiger partial charge in [-0.15, -0.1) is 24.0 Å². The topological polar surface area (TPSA) is 49.6 Å². The molecule has 0 aliphatic heterocycles. The lowest BCUT2D eigenvalue weighted by Crippen LogP contribution is -2.40. The molecule has 4 nitrogen and oxygen atoms in total. The van der Waals surface area contributed by atoms with Crippen molar-refractivity contribution in [1.82, 2.24) is 10.6 Å². The summed E-state index contributed by atoms with van der Waals surface area (Å²) in [5.41, 5.74) is 0.153. The SMILES string of the molecule is CN=C(NC(C)c1ccc(C)o1)NC1CC1c1c(F)cccc1F.I. The van der Waals surface area contributed by atoms with Gasteiger partial charge in [0.2, 0.25) is 0 Å². The van der Waals surface area contributed by atoms with Crippen molar-refractivity contribution >= 4 is 29.9 Å². The summed E-state index contributed by atoms with van der Waals surface area (Å²) in [6.45, 7) is 3.85. The third-order valence-electron chi connectivity index (χ3n) is 4.25. The number of hydrogen-bond acceptors (Lipinski definition) is 2. The summed E-state index contributed by atoms with van der Waals surface area (Å²) in [5.74, 6) is 1.08. The first-order valence-electron chi connectivity index (χ1n) is 7.99. The highest BCUT2D eigenvalue weighted by Crippen LogP contribution is 2.43. The number of nitrogens with one attached hydrogen (secondary N) is 2. The van der Waals surface area contributed by atoms with E-state index in [1.165, 1.54) is 18.2 Å². The van der Waals surface area contributed by atoms with Gasteiger partial charge in [-0.3, -0.25) is 4.99 Å². The number of furan rings is 1. The Morgan fingerprint density at radius 2 is 1.92 bits per heavy atom. The molecule has 1 saturated carbocycles. The van der Waals surface area contributed by atoms with Crippen LogP contribution in [0, 0.1) is 18.6 Å². The zero-order chi connectivity index (χ0) is 17.3. The third-order valence-corrected chi connectivity index (χ3v) is 4.25. The maximum atomic E-state index is 13.8. The summed E-state index contributed by atoms with van der Waals surface area (Å²) in [6.07, 6.45) is 0.673. The van der Waals surface area contributed by atoms with Crippen LogP contribution in [0.1, 0.15) is 42.4 Å². The molecule has 136 valence electrons. The Kier molecular flexibility index (Phi) is 6.42. The molecule has 2 aromatic rings. The van der Waals surface area contributed by atoms with Crippen molar-refractivity contribution in [3.8, 4) is 0 Å². The molecule has 1 fully saturated rings. The molecule has 0 saturated heterocycles. The lowest BCUT2D eigenvalue weighted by atomic mass is 10.1. The normalized spacial score (nSPS) is 20.6. The molecule has 0 bridgehead atoms. The van der Waals surface area contributed by atoms with Crippen LogP contribution in [0.25, 0.3) is 0 Å². The van der Waals surface area contributed by atoms with Gasteiger partial charge in [0.25, 0.3) is 0 Å². The standard InChI is InChI=1S/C18H21F2N3O.HI/c1-10-7-8-16(24-10)11(2)22-18(21-3)23-15-9-12(15)17-13(19)5-4-6-14(17)20;/h4-8,11-12,15H,9H2,1-3H3,(H2,21,22,23);1H. The van der Waals surface area contributed by atoms with Crippen LogP contribution in [0.4, 0.5) is 8.78 Å². The summed E-state index contributed by atoms with van der Waals surface area (Å²) in [4.78, 5) is 4.18. The van der Waals surface area contributed by atoms with Crippen molar-refractivity contribution in [2.24, 2.45) is 4.99 Å². The fourth-order valence-corrected chi connectivity index (χ4v) is 2.85. The van der Waals surface area contributed by atoms with Crippen molar-refractivity contribution in [3.05, 3.63) is 59.1 Å². The number of rotatable bonds is 4. The predicted molar refractivity (Wildman–Crippen MR) is 104 cm³/mol. The number of benzene rings is 1. The molecular weight excluding hydrogens is 439 g/mol. The van der Waals surface area contributed by atoms with Crippen LogP contribution in [0.3, 0.4) is 0 Å². The number of aliphatic imine (C=N–C) groups is 1. The van der Waals surface area contributed by atoms with Crippen molar-refractivity contribution in [3.63, 3.8) is 0 Å². The Morgan fingerprint density at radius 1 is 1.24 bits per heavy atom. The highest BCUT2D eigenvalue weighted by Gasteiger charge is 2.42. The van der Waals surface area contributed by atoms with Crippen LogP contribution in [-0.2, 0) is 0 Å². The number of guanidine groups is 1. The molecule has 0 spiro atoms. The van der Waals surface area contributed by atoms with Crippen molar-refractivity contribution < 1.29 is 13.2 Å². The van der Waals surface area contributed by atoms with E-state index < -0.39 is 11.6 Å². The van der Waals surface area contributed by atoms with E-state index in [-0.39, 0.29) is 47.5 Å². The average Bonchev–Trinajstić information content (AvgIpc) is 3.14. The van der Waals surface area contributed by atoms with E-state index in [0.29, 0.717) is 12.4 Å². The van der Waals surface area contributed by atoms with Gasteiger partial charge in [0.1, 0.15) is 23.2 Å². The van der Waals surface area contributed by atoms with Gasteiger partial charge in [-0.05, 0) is 44.5 Å². The van der Waals surface area contributed by atoms with Gasteiger partial charge in [0.05, 0.1) is 6.04 Å². The summed E-state index contributed by atoms with van der Waals surface area (Å²) in [5, 5.41) is 6.44. The minimum absolute atomic E-state index is 0. The van der Waals surface area contributed by atoms with Crippen LogP contribution in [0.15, 0.2) is 39.7 Å². The smallest absolute Gasteiger partial charge is 0.191 e. The summed E-state index contributed by atoms with van der Waals surface area (Å²) in [6, 6.07) is 7.69. The van der Waals surface area contributed by atoms with E-state index in [4.69, 9.17) is 4.42 Å². The minimum Gasteiger partial charge on any atom is -0.464 e. The van der Waals surface area contributed by atoms with Crippen molar-refractivity contribution in [1.29, 1.82) is 0 Å². The molecule has 3 unspecified atom stereocenters. The molecule has 0 amide bonds. The fraction of sp³-hybridized carbons (Fsp3) is 0.389. The van der Waals surface area contributed by atoms with Gasteiger partial charge in [-0.1, -0.05) is 6.07 Å². The minimum atomic E-state index is -0.494. The number of nitrogens with zero attached hydrogens (tertiary/aromatic N) is 1. The molecule has 1 aromatic heterocycles. The molecular formula is C18H22F2IN3O. The van der Waals surface area contributed by atoms with E-state index in [1.54, 1.807) is 7.05 Å². The number of hydrogen-bond donors (Lipinski definition) is 2. The van der Waals surface area contributed by atoms with Crippen LogP contribution < -0.4 is 10.6 Å². The van der Waals surface area contributed by atoms with E-state index in [9.17, 15) is 8.78 Å². The van der Waals surface area contributed by atoms with Crippen LogP contribution in [0.2, 0.25) is 0 Å². The predicted octanol–water partition coefficient (Wildman–Crippen LogP) is 4.27. The lowest BCUT2D eigenvalue weighted by Gasteiger charge is -2.16. The second-order valence-corrected chi connectivity index (χ2v) is 6.12. The second kappa shape index (κ2) is 8.16. The Bertz CT molecular complexity index is 742. The average molecular weight is 461 g/mol. The molecule has 25 heavy (non-hydrogen) atoms. The molecule has 0 radical (unpaired) electrons. The quantitative estimate of drug-likeness (QED) is 0.407. The highest BCUT2D eigenvalue weighted by molar-refractivity contribution is 14.0. The fourth-order valence-electron chi connectivity index (χ4n) is 2.85. The van der Waals surface area contributed by atoms with Crippen LogP contribution in [0.5, 0.6) is 0 Å². The maximum absolute atomic E-state index is 13.8. The molecule has 3 atom stereocenters. The molecule has 1 aliphatic rings. The Morgan fingerprint density at radius 3 is 2.48 bits per heavy atom. The summed E-state index contributed by atoms with van der Waals surface area (Å²) in [7, 11) is 1.66. The zero-order valence-corrected chi connectivity index (χ0v) is 16.7. The molecule has 1 aliphatic carbocycles. The first-order valence-corrected chi connectivity index (χ1v) is 7.99. The first kappa shape index (κ1) is 19.7. The Hall–Kier alpha value is -1.64. The van der Waals surface area contributed by atoms with E-state index in [0.717, 1.165) is 11.5 Å². The van der Waals surface area contributed by atoms with E-state index >= 15 is 0 Å². The van der Waals surface area contributed by atoms with Crippen molar-refractivity contribution in [2.45, 2.75) is 38.3 Å². The van der Waals surface area contributed by atoms with Gasteiger partial charge in [-0.25, -0.2) is 8.78 Å². The zero-order valence-electron chi connectivity index (χ0n) is 14.3. The van der Waals surface area contributed by atoms with Gasteiger partial charge in [0, 0.05) is 24.6 Å². The monoisotopic (exact) mass is 461 g/mol. The number of halogens is 3. The lowest BCUT2D eigenvalue weighted by molar-refractivity contribution is 0.441. The van der Waals surface area contributed by atoms with Crippen LogP contribution in [-0.4, -0.2) is 19.0 Å². The summed E-state index contributed by atoms with van der Waals surface area (Å²) < 4.78 is 33.3. The first-order chi connectivity index (χ1) is 11.5. The molecule has 1 heterocycles. The van der Waals surface area contributed by atoms with E-state index in [1.807, 2.05) is 26.0 Å². The van der Waals surface area contributed by atoms with Gasteiger partial charge in [0.15, 0.2) is 5.96 Å². The van der Waals surface area contributed by atoms with Crippen molar-refractivity contribution in [2.75, 3.05) is 7.05 Å². The van der Waals surface area contributed by atoms with Crippen LogP contribution >= 0.6 is 24.0 Å². The van der Waals surface area contributed by atoms with Gasteiger partial charge >= 0.3 is 0 Å². The largest absolute Gasteiger partial charge is 0.464 e.